The Bertz CT molecular complexity index is 779. The first-order chi connectivity index (χ1) is 15.1. The molecular formula is C25H37ClFN3O2. The van der Waals surface area contributed by atoms with Gasteiger partial charge >= 0.3 is 0 Å². The average Bonchev–Trinajstić information content (AvgIpc) is 2.77. The van der Waals surface area contributed by atoms with Gasteiger partial charge in [0.15, 0.2) is 0 Å². The van der Waals surface area contributed by atoms with Crippen molar-refractivity contribution in [1.29, 1.82) is 0 Å². The molecule has 3 rings (SSSR count). The molecule has 2 N–H and O–H groups in total. The van der Waals surface area contributed by atoms with E-state index < -0.39 is 11.5 Å². The van der Waals surface area contributed by atoms with Crippen LogP contribution in [-0.2, 0) is 16.0 Å². The molecule has 1 aliphatic carbocycles. The van der Waals surface area contributed by atoms with E-state index in [9.17, 15) is 14.0 Å². The summed E-state index contributed by atoms with van der Waals surface area (Å²) in [5, 5.41) is 3.24. The lowest BCUT2D eigenvalue weighted by molar-refractivity contribution is -0.146. The fourth-order valence-corrected chi connectivity index (χ4v) is 5.49. The molecule has 1 saturated heterocycles. The largest absolute Gasteiger partial charge is 0.351 e. The minimum absolute atomic E-state index is 0.0715. The summed E-state index contributed by atoms with van der Waals surface area (Å²) in [7, 11) is 0. The Morgan fingerprint density at radius 2 is 1.72 bits per heavy atom. The summed E-state index contributed by atoms with van der Waals surface area (Å²) in [4.78, 5) is 31.1. The van der Waals surface area contributed by atoms with Crippen molar-refractivity contribution in [2.45, 2.75) is 83.7 Å². The van der Waals surface area contributed by atoms with Gasteiger partial charge in [0.2, 0.25) is 11.8 Å². The Hall–Kier alpha value is -1.66. The maximum absolute atomic E-state index is 13.5. The Kier molecular flexibility index (Phi) is 8.21. The quantitative estimate of drug-likeness (QED) is 0.604. The van der Waals surface area contributed by atoms with Crippen molar-refractivity contribution < 1.29 is 14.0 Å². The van der Waals surface area contributed by atoms with E-state index in [2.05, 4.69) is 10.2 Å². The molecule has 32 heavy (non-hydrogen) atoms. The topological polar surface area (TPSA) is 61.4 Å². The summed E-state index contributed by atoms with van der Waals surface area (Å²) in [5.74, 6) is 0.135. The summed E-state index contributed by atoms with van der Waals surface area (Å²) in [5.41, 5.74) is 0.149. The van der Waals surface area contributed by atoms with Crippen LogP contribution in [0.3, 0.4) is 0 Å². The van der Waals surface area contributed by atoms with Gasteiger partial charge in [0, 0.05) is 18.6 Å². The number of hydrogen-bond acceptors (Lipinski definition) is 3. The van der Waals surface area contributed by atoms with E-state index >= 15 is 0 Å². The van der Waals surface area contributed by atoms with Crippen molar-refractivity contribution in [2.75, 3.05) is 13.1 Å². The molecule has 5 nitrogen and oxygen atoms in total. The lowest BCUT2D eigenvalue weighted by Crippen LogP contribution is -2.58. The summed E-state index contributed by atoms with van der Waals surface area (Å²) < 4.78 is 13.2. The van der Waals surface area contributed by atoms with Crippen LogP contribution < -0.4 is 10.2 Å². The van der Waals surface area contributed by atoms with E-state index in [1.807, 2.05) is 25.7 Å². The molecule has 1 saturated carbocycles. The van der Waals surface area contributed by atoms with E-state index in [-0.39, 0.29) is 23.2 Å². The van der Waals surface area contributed by atoms with E-state index in [0.29, 0.717) is 38.3 Å². The zero-order valence-electron chi connectivity index (χ0n) is 19.6. The average molecular weight is 466 g/mol. The van der Waals surface area contributed by atoms with Crippen LogP contribution in [-0.4, -0.2) is 41.4 Å². The Balaban J connectivity index is 1.70. The fourth-order valence-electron chi connectivity index (χ4n) is 5.32. The van der Waals surface area contributed by atoms with Gasteiger partial charge in [-0.25, -0.2) is 9.23 Å². The molecule has 0 bridgehead atoms. The summed E-state index contributed by atoms with van der Waals surface area (Å²) in [6.07, 6.45) is 7.50. The number of carbonyl (C=O) groups excluding carboxylic acids is 2. The molecule has 2 aliphatic rings. The Morgan fingerprint density at radius 3 is 2.25 bits per heavy atom. The van der Waals surface area contributed by atoms with Gasteiger partial charge in [-0.2, -0.15) is 0 Å². The van der Waals surface area contributed by atoms with Crippen LogP contribution in [0.2, 0.25) is 0 Å². The van der Waals surface area contributed by atoms with Crippen molar-refractivity contribution in [2.24, 2.45) is 11.3 Å². The molecule has 7 heteroatoms. The maximum atomic E-state index is 13.5. The zero-order chi connectivity index (χ0) is 23.4. The lowest BCUT2D eigenvalue weighted by Gasteiger charge is -2.48. The summed E-state index contributed by atoms with van der Waals surface area (Å²) in [6, 6.07) is 5.53. The first kappa shape index (κ1) is 25.0. The predicted molar refractivity (Wildman–Crippen MR) is 126 cm³/mol. The van der Waals surface area contributed by atoms with Gasteiger partial charge in [0.25, 0.3) is 0 Å². The first-order valence-corrected chi connectivity index (χ1v) is 12.2. The Morgan fingerprint density at radius 1 is 1.12 bits per heavy atom. The van der Waals surface area contributed by atoms with Crippen LogP contribution in [0.5, 0.6) is 0 Å². The molecule has 2 amide bonds. The lowest BCUT2D eigenvalue weighted by atomic mass is 9.63. The zero-order valence-corrected chi connectivity index (χ0v) is 20.3. The molecule has 1 atom stereocenters. The monoisotopic (exact) mass is 465 g/mol. The highest BCUT2D eigenvalue weighted by atomic mass is 35.5. The number of benzene rings is 1. The highest BCUT2D eigenvalue weighted by Gasteiger charge is 2.49. The number of likely N-dealkylation sites (tertiary alicyclic amines) is 1. The van der Waals surface area contributed by atoms with Crippen LogP contribution in [0, 0.1) is 17.2 Å². The molecule has 0 aromatic heterocycles. The minimum Gasteiger partial charge on any atom is -0.351 e. The molecule has 1 aromatic rings. The van der Waals surface area contributed by atoms with Crippen LogP contribution in [0.1, 0.15) is 71.3 Å². The van der Waals surface area contributed by atoms with Gasteiger partial charge in [-0.15, -0.1) is 0 Å². The van der Waals surface area contributed by atoms with Gasteiger partial charge < -0.3 is 10.2 Å². The number of hydrogen-bond donors (Lipinski definition) is 2. The first-order valence-electron chi connectivity index (χ1n) is 11.9. The molecule has 0 spiro atoms. The minimum atomic E-state index is -0.590. The van der Waals surface area contributed by atoms with Gasteiger partial charge in [-0.05, 0) is 88.3 Å². The Labute approximate surface area is 196 Å². The van der Waals surface area contributed by atoms with E-state index in [0.717, 1.165) is 18.4 Å². The molecule has 178 valence electrons. The van der Waals surface area contributed by atoms with E-state index in [4.69, 9.17) is 11.8 Å². The van der Waals surface area contributed by atoms with E-state index in [1.54, 1.807) is 12.1 Å². The number of nitrogens with zero attached hydrogens (tertiary/aromatic N) is 1. The summed E-state index contributed by atoms with van der Waals surface area (Å²) in [6.45, 7) is 7.15. The highest BCUT2D eigenvalue weighted by molar-refractivity contribution is 6.15. The van der Waals surface area contributed by atoms with Crippen molar-refractivity contribution in [3.8, 4) is 0 Å². The number of halogens is 2. The second-order valence-electron chi connectivity index (χ2n) is 10.5. The second-order valence-corrected chi connectivity index (χ2v) is 10.7. The van der Waals surface area contributed by atoms with Gasteiger partial charge in [0.1, 0.15) is 11.9 Å². The van der Waals surface area contributed by atoms with Crippen molar-refractivity contribution in [3.05, 3.63) is 35.6 Å². The number of rotatable bonds is 6. The van der Waals surface area contributed by atoms with E-state index in [1.165, 1.54) is 31.4 Å². The number of carbonyl (C=O) groups is 2. The molecule has 0 radical (unpaired) electrons. The molecular weight excluding hydrogens is 429 g/mol. The van der Waals surface area contributed by atoms with Gasteiger partial charge in [-0.1, -0.05) is 31.4 Å². The number of piperidine rings is 1. The van der Waals surface area contributed by atoms with Crippen LogP contribution in [0.15, 0.2) is 24.3 Å². The standard InChI is InChI=1S/C25H37ClFN3O2/c1-24(2,3)28-23(32)25(19-7-5-4-6-8-19)13-15-30(16-14-25)22(31)21(29-26)17-18-9-11-20(27)12-10-18/h9-12,19,21,29H,4-8,13-17H2,1-3H3,(H,28,32)/t21-/m1/s1. The number of nitrogens with one attached hydrogen (secondary N) is 2. The van der Waals surface area contributed by atoms with Crippen LogP contribution in [0.25, 0.3) is 0 Å². The smallest absolute Gasteiger partial charge is 0.241 e. The maximum Gasteiger partial charge on any atom is 0.241 e. The summed E-state index contributed by atoms with van der Waals surface area (Å²) >= 11 is 5.93. The molecule has 1 aromatic carbocycles. The molecule has 0 unspecified atom stereocenters. The second kappa shape index (κ2) is 10.5. The number of amides is 2. The van der Waals surface area contributed by atoms with Crippen LogP contribution in [0.4, 0.5) is 4.39 Å². The third kappa shape index (κ3) is 6.02. The third-order valence-corrected chi connectivity index (χ3v) is 7.34. The molecule has 2 fully saturated rings. The fraction of sp³-hybridized carbons (Fsp3) is 0.680. The van der Waals surface area contributed by atoms with Crippen molar-refractivity contribution in [3.63, 3.8) is 0 Å². The SMILES string of the molecule is CC(C)(C)NC(=O)C1(C2CCCCC2)CCN(C(=O)[C@@H](Cc2ccc(F)cc2)NCl)CC1. The van der Waals surface area contributed by atoms with Crippen molar-refractivity contribution >= 4 is 23.6 Å². The van der Waals surface area contributed by atoms with Crippen LogP contribution >= 0.6 is 11.8 Å². The highest BCUT2D eigenvalue weighted by Crippen LogP contribution is 2.46. The van der Waals surface area contributed by atoms with Gasteiger partial charge in [-0.3, -0.25) is 9.59 Å². The predicted octanol–water partition coefficient (Wildman–Crippen LogP) is 4.58. The molecule has 1 heterocycles. The normalized spacial score (nSPS) is 20.6. The third-order valence-electron chi connectivity index (χ3n) is 7.08. The molecule has 1 aliphatic heterocycles. The van der Waals surface area contributed by atoms with Crippen molar-refractivity contribution in [1.82, 2.24) is 15.1 Å². The van der Waals surface area contributed by atoms with Gasteiger partial charge in [0.05, 0.1) is 5.41 Å².